The molecule has 0 radical (unpaired) electrons. The van der Waals surface area contributed by atoms with Crippen molar-refractivity contribution >= 4 is 16.9 Å². The highest BCUT2D eigenvalue weighted by Crippen LogP contribution is 2.29. The lowest BCUT2D eigenvalue weighted by Crippen LogP contribution is -2.36. The molecule has 28 heavy (non-hydrogen) atoms. The monoisotopic (exact) mass is 376 g/mol. The van der Waals surface area contributed by atoms with Crippen molar-refractivity contribution in [1.29, 1.82) is 0 Å². The van der Waals surface area contributed by atoms with Crippen LogP contribution < -0.4 is 0 Å². The van der Waals surface area contributed by atoms with Crippen LogP contribution in [0.25, 0.3) is 11.0 Å². The number of aryl methyl sites for hydroxylation is 1. The molecule has 1 fully saturated rings. The van der Waals surface area contributed by atoms with E-state index in [9.17, 15) is 4.79 Å². The van der Waals surface area contributed by atoms with Crippen LogP contribution in [0.15, 0.2) is 34.9 Å². The van der Waals surface area contributed by atoms with E-state index < -0.39 is 0 Å². The highest BCUT2D eigenvalue weighted by atomic mass is 16.3. The summed E-state index contributed by atoms with van der Waals surface area (Å²) in [4.78, 5) is 26.7. The molecule has 3 aromatic rings. The first-order valence-corrected chi connectivity index (χ1v) is 9.93. The summed E-state index contributed by atoms with van der Waals surface area (Å²) in [5.41, 5.74) is 3.66. The van der Waals surface area contributed by atoms with Crippen molar-refractivity contribution in [1.82, 2.24) is 19.8 Å². The van der Waals surface area contributed by atoms with Gasteiger partial charge in [0.2, 0.25) is 0 Å². The van der Waals surface area contributed by atoms with Gasteiger partial charge in [-0.1, -0.05) is 0 Å². The Morgan fingerprint density at radius 1 is 1.25 bits per heavy atom. The second-order valence-electron chi connectivity index (χ2n) is 7.93. The normalized spacial score (nSPS) is 19.9. The molecule has 0 spiro atoms. The van der Waals surface area contributed by atoms with Crippen LogP contribution >= 0.6 is 0 Å². The molecule has 0 bridgehead atoms. The van der Waals surface area contributed by atoms with Gasteiger partial charge in [0.05, 0.1) is 11.7 Å². The molecule has 144 valence electrons. The van der Waals surface area contributed by atoms with Crippen molar-refractivity contribution in [3.63, 3.8) is 0 Å². The number of amides is 1. The molecule has 0 saturated carbocycles. The Labute approximate surface area is 164 Å². The predicted octanol–water partition coefficient (Wildman–Crippen LogP) is 3.50. The van der Waals surface area contributed by atoms with Gasteiger partial charge in [0.25, 0.3) is 5.91 Å². The third-order valence-electron chi connectivity index (χ3n) is 5.94. The average molecular weight is 376 g/mol. The van der Waals surface area contributed by atoms with Gasteiger partial charge in [0.15, 0.2) is 0 Å². The van der Waals surface area contributed by atoms with Crippen molar-refractivity contribution in [3.8, 4) is 0 Å². The molecule has 0 N–H and O–H groups in total. The number of carbonyl (C=O) groups is 1. The van der Waals surface area contributed by atoms with E-state index in [-0.39, 0.29) is 5.91 Å². The molecule has 2 aliphatic rings. The van der Waals surface area contributed by atoms with E-state index >= 15 is 0 Å². The van der Waals surface area contributed by atoms with Gasteiger partial charge in [0, 0.05) is 42.2 Å². The zero-order chi connectivity index (χ0) is 19.3. The summed E-state index contributed by atoms with van der Waals surface area (Å²) >= 11 is 0. The van der Waals surface area contributed by atoms with Crippen molar-refractivity contribution in [3.05, 3.63) is 58.9 Å². The lowest BCUT2D eigenvalue weighted by molar-refractivity contribution is 0.0733. The van der Waals surface area contributed by atoms with Crippen molar-refractivity contribution in [2.24, 2.45) is 0 Å². The van der Waals surface area contributed by atoms with Gasteiger partial charge in [-0.25, -0.2) is 9.97 Å². The zero-order valence-corrected chi connectivity index (χ0v) is 16.3. The van der Waals surface area contributed by atoms with Crippen LogP contribution in [0.1, 0.15) is 52.1 Å². The standard InChI is InChI=1S/C22H24N4O2/c1-14-10-16-11-15(5-6-20(16)28-14)22(27)26-9-7-18-17(13-26)12-23-21(24-18)19-4-3-8-25(19)2/h5-6,10-12,19H,3-4,7-9,13H2,1-2H3/t19-/m0/s1. The molecular formula is C22H24N4O2. The summed E-state index contributed by atoms with van der Waals surface area (Å²) in [5.74, 6) is 1.83. The Hall–Kier alpha value is -2.73. The fourth-order valence-corrected chi connectivity index (χ4v) is 4.39. The first-order valence-electron chi connectivity index (χ1n) is 9.93. The van der Waals surface area contributed by atoms with E-state index in [1.165, 1.54) is 6.42 Å². The zero-order valence-electron chi connectivity index (χ0n) is 16.3. The number of hydrogen-bond donors (Lipinski definition) is 0. The maximum atomic E-state index is 13.0. The van der Waals surface area contributed by atoms with E-state index in [1.807, 2.05) is 42.3 Å². The molecule has 5 rings (SSSR count). The topological polar surface area (TPSA) is 62.5 Å². The average Bonchev–Trinajstić information content (AvgIpc) is 3.30. The Morgan fingerprint density at radius 2 is 2.14 bits per heavy atom. The molecule has 0 aliphatic carbocycles. The van der Waals surface area contributed by atoms with Gasteiger partial charge in [-0.15, -0.1) is 0 Å². The number of fused-ring (bicyclic) bond motifs is 2. The number of rotatable bonds is 2. The van der Waals surface area contributed by atoms with Crippen LogP contribution in [0.5, 0.6) is 0 Å². The highest BCUT2D eigenvalue weighted by Gasteiger charge is 2.28. The molecule has 0 unspecified atom stereocenters. The number of hydrogen-bond acceptors (Lipinski definition) is 5. The maximum Gasteiger partial charge on any atom is 0.254 e. The Kier molecular flexibility index (Phi) is 4.16. The van der Waals surface area contributed by atoms with E-state index in [1.54, 1.807) is 0 Å². The molecule has 6 nitrogen and oxygen atoms in total. The summed E-state index contributed by atoms with van der Waals surface area (Å²) in [6.07, 6.45) is 5.02. The Balaban J connectivity index is 1.36. The summed E-state index contributed by atoms with van der Waals surface area (Å²) in [6, 6.07) is 7.93. The van der Waals surface area contributed by atoms with Crippen LogP contribution in [-0.2, 0) is 13.0 Å². The highest BCUT2D eigenvalue weighted by molar-refractivity contribution is 5.98. The number of likely N-dealkylation sites (tertiary alicyclic amines) is 1. The fourth-order valence-electron chi connectivity index (χ4n) is 4.39. The number of benzene rings is 1. The molecular weight excluding hydrogens is 352 g/mol. The Bertz CT molecular complexity index is 1060. The van der Waals surface area contributed by atoms with Gasteiger partial charge in [0.1, 0.15) is 17.2 Å². The molecule has 1 amide bonds. The first kappa shape index (κ1) is 17.4. The molecule has 2 aromatic heterocycles. The third kappa shape index (κ3) is 2.98. The van der Waals surface area contributed by atoms with E-state index in [0.29, 0.717) is 24.7 Å². The summed E-state index contributed by atoms with van der Waals surface area (Å²) in [6.45, 7) is 4.28. The quantitative estimate of drug-likeness (QED) is 0.685. The van der Waals surface area contributed by atoms with E-state index in [0.717, 1.165) is 53.2 Å². The molecule has 1 atom stereocenters. The van der Waals surface area contributed by atoms with Crippen molar-refractivity contribution in [2.75, 3.05) is 20.1 Å². The lowest BCUT2D eigenvalue weighted by Gasteiger charge is -2.29. The second kappa shape index (κ2) is 6.71. The number of furan rings is 1. The van der Waals surface area contributed by atoms with Gasteiger partial charge < -0.3 is 9.32 Å². The molecule has 1 aromatic carbocycles. The van der Waals surface area contributed by atoms with Crippen LogP contribution in [0, 0.1) is 6.92 Å². The molecule has 1 saturated heterocycles. The third-order valence-corrected chi connectivity index (χ3v) is 5.94. The molecule has 6 heteroatoms. The van der Waals surface area contributed by atoms with Crippen molar-refractivity contribution in [2.45, 2.75) is 38.8 Å². The van der Waals surface area contributed by atoms with Crippen LogP contribution in [0.4, 0.5) is 0 Å². The summed E-state index contributed by atoms with van der Waals surface area (Å²) in [7, 11) is 2.14. The van der Waals surface area contributed by atoms with Crippen LogP contribution in [0.2, 0.25) is 0 Å². The molecule has 4 heterocycles. The van der Waals surface area contributed by atoms with Gasteiger partial charge in [-0.2, -0.15) is 0 Å². The second-order valence-corrected chi connectivity index (χ2v) is 7.93. The van der Waals surface area contributed by atoms with Crippen LogP contribution in [0.3, 0.4) is 0 Å². The maximum absolute atomic E-state index is 13.0. The van der Waals surface area contributed by atoms with Crippen LogP contribution in [-0.4, -0.2) is 45.8 Å². The minimum atomic E-state index is 0.0472. The van der Waals surface area contributed by atoms with E-state index in [2.05, 4.69) is 16.9 Å². The van der Waals surface area contributed by atoms with Gasteiger partial charge in [-0.05, 0) is 57.6 Å². The smallest absolute Gasteiger partial charge is 0.254 e. The minimum absolute atomic E-state index is 0.0472. The Morgan fingerprint density at radius 3 is 2.96 bits per heavy atom. The fraction of sp³-hybridized carbons (Fsp3) is 0.409. The summed E-state index contributed by atoms with van der Waals surface area (Å²) < 4.78 is 5.61. The van der Waals surface area contributed by atoms with E-state index in [4.69, 9.17) is 9.40 Å². The van der Waals surface area contributed by atoms with Crippen molar-refractivity contribution < 1.29 is 9.21 Å². The molecule has 2 aliphatic heterocycles. The van der Waals surface area contributed by atoms with Gasteiger partial charge >= 0.3 is 0 Å². The number of aromatic nitrogens is 2. The minimum Gasteiger partial charge on any atom is -0.461 e. The summed E-state index contributed by atoms with van der Waals surface area (Å²) in [5, 5.41) is 0.967. The lowest BCUT2D eigenvalue weighted by atomic mass is 10.0. The van der Waals surface area contributed by atoms with Gasteiger partial charge in [-0.3, -0.25) is 9.69 Å². The number of nitrogens with zero attached hydrogens (tertiary/aromatic N) is 4. The SMILES string of the molecule is Cc1cc2cc(C(=O)N3CCc4nc([C@@H]5CCCN5C)ncc4C3)ccc2o1. The first-order chi connectivity index (χ1) is 13.6. The predicted molar refractivity (Wildman–Crippen MR) is 106 cm³/mol. The largest absolute Gasteiger partial charge is 0.461 e. The number of carbonyl (C=O) groups excluding carboxylic acids is 1.